The van der Waals surface area contributed by atoms with Crippen LogP contribution in [0.5, 0.6) is 5.75 Å². The first kappa shape index (κ1) is 18.1. The van der Waals surface area contributed by atoms with Crippen LogP contribution >= 0.6 is 0 Å². The molecule has 2 aromatic carbocycles. The van der Waals surface area contributed by atoms with Crippen LogP contribution in [0.1, 0.15) is 57.0 Å². The topological polar surface area (TPSA) is 57.5 Å². The zero-order chi connectivity index (χ0) is 18.1. The highest BCUT2D eigenvalue weighted by molar-refractivity contribution is 5.99. The predicted octanol–water partition coefficient (Wildman–Crippen LogP) is 5.47. The number of aromatic carboxylic acids is 1. The first-order valence-electron chi connectivity index (χ1n) is 8.18. The van der Waals surface area contributed by atoms with Gasteiger partial charge in [0.2, 0.25) is 0 Å². The SMILES string of the molecule is CC(C)(C)CC(C)(C)c1ccc(-c2ccccc2)c(C(=O)O)c1O. The van der Waals surface area contributed by atoms with Crippen molar-refractivity contribution in [3.63, 3.8) is 0 Å². The highest BCUT2D eigenvalue weighted by atomic mass is 16.4. The van der Waals surface area contributed by atoms with Crippen molar-refractivity contribution in [1.29, 1.82) is 0 Å². The minimum Gasteiger partial charge on any atom is -0.507 e. The van der Waals surface area contributed by atoms with Gasteiger partial charge in [0.1, 0.15) is 11.3 Å². The quantitative estimate of drug-likeness (QED) is 0.783. The minimum absolute atomic E-state index is 0.0271. The molecule has 24 heavy (non-hydrogen) atoms. The van der Waals surface area contributed by atoms with Gasteiger partial charge in [-0.05, 0) is 28.4 Å². The number of hydrogen-bond donors (Lipinski definition) is 2. The molecule has 0 saturated heterocycles. The Labute approximate surface area is 144 Å². The third kappa shape index (κ3) is 3.78. The lowest BCUT2D eigenvalue weighted by atomic mass is 9.71. The molecule has 0 aliphatic rings. The number of phenols is 1. The summed E-state index contributed by atoms with van der Waals surface area (Å²) < 4.78 is 0. The lowest BCUT2D eigenvalue weighted by molar-refractivity contribution is 0.0694. The molecule has 0 aromatic heterocycles. The summed E-state index contributed by atoms with van der Waals surface area (Å²) in [5.41, 5.74) is 1.70. The molecule has 0 bridgehead atoms. The first-order valence-corrected chi connectivity index (χ1v) is 8.18. The van der Waals surface area contributed by atoms with E-state index in [0.717, 1.165) is 12.0 Å². The smallest absolute Gasteiger partial charge is 0.340 e. The van der Waals surface area contributed by atoms with Crippen molar-refractivity contribution in [3.8, 4) is 16.9 Å². The Morgan fingerprint density at radius 1 is 0.958 bits per heavy atom. The maximum Gasteiger partial charge on any atom is 0.340 e. The van der Waals surface area contributed by atoms with E-state index >= 15 is 0 Å². The van der Waals surface area contributed by atoms with Gasteiger partial charge in [0.25, 0.3) is 0 Å². The van der Waals surface area contributed by atoms with Gasteiger partial charge in [0, 0.05) is 5.56 Å². The molecule has 0 fully saturated rings. The largest absolute Gasteiger partial charge is 0.507 e. The molecule has 2 rings (SSSR count). The molecular formula is C21H26O3. The van der Waals surface area contributed by atoms with Crippen molar-refractivity contribution >= 4 is 5.97 Å². The van der Waals surface area contributed by atoms with Crippen molar-refractivity contribution in [1.82, 2.24) is 0 Å². The van der Waals surface area contributed by atoms with Crippen LogP contribution in [0.3, 0.4) is 0 Å². The van der Waals surface area contributed by atoms with Crippen LogP contribution in [0, 0.1) is 5.41 Å². The van der Waals surface area contributed by atoms with E-state index in [4.69, 9.17) is 0 Å². The molecule has 0 amide bonds. The molecule has 0 heterocycles. The van der Waals surface area contributed by atoms with Gasteiger partial charge in [0.05, 0.1) is 0 Å². The third-order valence-electron chi connectivity index (χ3n) is 4.18. The standard InChI is InChI=1S/C21H26O3/c1-20(2,3)13-21(4,5)16-12-11-15(14-9-7-6-8-10-14)17(18(16)22)19(23)24/h6-12,22H,13H2,1-5H3,(H,23,24). The normalized spacial score (nSPS) is 12.2. The van der Waals surface area contributed by atoms with E-state index in [-0.39, 0.29) is 22.1 Å². The summed E-state index contributed by atoms with van der Waals surface area (Å²) in [5.74, 6) is -1.24. The molecule has 0 unspecified atom stereocenters. The molecule has 0 atom stereocenters. The number of hydrogen-bond acceptors (Lipinski definition) is 2. The second kappa shape index (κ2) is 6.31. The zero-order valence-corrected chi connectivity index (χ0v) is 15.1. The lowest BCUT2D eigenvalue weighted by Crippen LogP contribution is -2.25. The van der Waals surface area contributed by atoms with Crippen molar-refractivity contribution in [2.75, 3.05) is 0 Å². The van der Waals surface area contributed by atoms with Crippen molar-refractivity contribution < 1.29 is 15.0 Å². The number of rotatable bonds is 4. The third-order valence-corrected chi connectivity index (χ3v) is 4.18. The van der Waals surface area contributed by atoms with E-state index in [1.54, 1.807) is 6.07 Å². The molecule has 128 valence electrons. The van der Waals surface area contributed by atoms with Gasteiger partial charge < -0.3 is 10.2 Å². The van der Waals surface area contributed by atoms with Crippen LogP contribution in [0.15, 0.2) is 42.5 Å². The molecule has 0 aliphatic carbocycles. The van der Waals surface area contributed by atoms with Crippen LogP contribution in [0.25, 0.3) is 11.1 Å². The molecule has 2 aromatic rings. The van der Waals surface area contributed by atoms with Crippen molar-refractivity contribution in [3.05, 3.63) is 53.6 Å². The Balaban J connectivity index is 2.63. The molecule has 2 N–H and O–H groups in total. The Morgan fingerprint density at radius 2 is 1.54 bits per heavy atom. The fourth-order valence-corrected chi connectivity index (χ4v) is 3.63. The fraction of sp³-hybridized carbons (Fsp3) is 0.381. The maximum atomic E-state index is 11.8. The number of benzene rings is 2. The highest BCUT2D eigenvalue weighted by Crippen LogP contribution is 2.43. The van der Waals surface area contributed by atoms with Gasteiger partial charge >= 0.3 is 5.97 Å². The van der Waals surface area contributed by atoms with Gasteiger partial charge in [-0.1, -0.05) is 77.1 Å². The average Bonchev–Trinajstić information content (AvgIpc) is 2.44. The maximum absolute atomic E-state index is 11.8. The van der Waals surface area contributed by atoms with E-state index in [0.29, 0.717) is 11.1 Å². The van der Waals surface area contributed by atoms with Crippen LogP contribution in [-0.4, -0.2) is 16.2 Å². The molecule has 0 spiro atoms. The van der Waals surface area contributed by atoms with Crippen LogP contribution < -0.4 is 0 Å². The van der Waals surface area contributed by atoms with Crippen molar-refractivity contribution in [2.45, 2.75) is 46.5 Å². The van der Waals surface area contributed by atoms with Gasteiger partial charge in [0.15, 0.2) is 0 Å². The van der Waals surface area contributed by atoms with E-state index in [1.165, 1.54) is 0 Å². The van der Waals surface area contributed by atoms with Crippen molar-refractivity contribution in [2.24, 2.45) is 5.41 Å². The average molecular weight is 326 g/mol. The fourth-order valence-electron chi connectivity index (χ4n) is 3.63. The number of carboxylic acid groups (broad SMARTS) is 1. The predicted molar refractivity (Wildman–Crippen MR) is 97.6 cm³/mol. The zero-order valence-electron chi connectivity index (χ0n) is 15.1. The number of aromatic hydroxyl groups is 1. The summed E-state index contributed by atoms with van der Waals surface area (Å²) in [4.78, 5) is 11.8. The highest BCUT2D eigenvalue weighted by Gasteiger charge is 2.32. The Bertz CT molecular complexity index is 738. The first-order chi connectivity index (χ1) is 11.0. The molecule has 0 aliphatic heterocycles. The van der Waals surface area contributed by atoms with Crippen LogP contribution in [-0.2, 0) is 5.41 Å². The lowest BCUT2D eigenvalue weighted by Gasteiger charge is -2.34. The van der Waals surface area contributed by atoms with Gasteiger partial charge in [-0.3, -0.25) is 0 Å². The van der Waals surface area contributed by atoms with E-state index in [1.807, 2.05) is 50.2 Å². The van der Waals surface area contributed by atoms with Gasteiger partial charge in [-0.15, -0.1) is 0 Å². The minimum atomic E-state index is -1.11. The number of carboxylic acids is 1. The van der Waals surface area contributed by atoms with E-state index in [9.17, 15) is 15.0 Å². The summed E-state index contributed by atoms with van der Waals surface area (Å²) in [7, 11) is 0. The summed E-state index contributed by atoms with van der Waals surface area (Å²) in [5, 5.41) is 20.4. The van der Waals surface area contributed by atoms with E-state index in [2.05, 4.69) is 20.8 Å². The van der Waals surface area contributed by atoms with Crippen LogP contribution in [0.4, 0.5) is 0 Å². The molecule has 3 heteroatoms. The Kier molecular flexibility index (Phi) is 4.75. The summed E-state index contributed by atoms with van der Waals surface area (Å²) in [6.07, 6.45) is 0.831. The summed E-state index contributed by atoms with van der Waals surface area (Å²) in [6.45, 7) is 10.5. The second-order valence-electron chi connectivity index (χ2n) is 8.18. The van der Waals surface area contributed by atoms with Crippen LogP contribution in [0.2, 0.25) is 0 Å². The monoisotopic (exact) mass is 326 g/mol. The van der Waals surface area contributed by atoms with Gasteiger partial charge in [-0.2, -0.15) is 0 Å². The second-order valence-corrected chi connectivity index (χ2v) is 8.18. The molecular weight excluding hydrogens is 300 g/mol. The molecule has 0 radical (unpaired) electrons. The summed E-state index contributed by atoms with van der Waals surface area (Å²) >= 11 is 0. The molecule has 0 saturated carbocycles. The van der Waals surface area contributed by atoms with E-state index < -0.39 is 5.97 Å². The number of carbonyl (C=O) groups is 1. The molecule has 3 nitrogen and oxygen atoms in total. The Hall–Kier alpha value is -2.29. The van der Waals surface area contributed by atoms with Gasteiger partial charge in [-0.25, -0.2) is 4.79 Å². The summed E-state index contributed by atoms with van der Waals surface area (Å²) in [6, 6.07) is 13.0. The Morgan fingerprint density at radius 3 is 2.04 bits per heavy atom.